The van der Waals surface area contributed by atoms with Crippen LogP contribution in [0, 0.1) is 0 Å². The summed E-state index contributed by atoms with van der Waals surface area (Å²) in [6.45, 7) is 0.541. The number of benzene rings is 1. The molecule has 0 aliphatic heterocycles. The van der Waals surface area contributed by atoms with Crippen molar-refractivity contribution >= 4 is 57.2 Å². The van der Waals surface area contributed by atoms with E-state index < -0.39 is 0 Å². The zero-order valence-electron chi connectivity index (χ0n) is 15.6. The summed E-state index contributed by atoms with van der Waals surface area (Å²) in [5.74, 6) is 0.0202. The first kappa shape index (κ1) is 19.8. The Labute approximate surface area is 182 Å². The number of fused-ring (bicyclic) bond motifs is 1. The second-order valence-electron chi connectivity index (χ2n) is 6.53. The van der Waals surface area contributed by atoms with Crippen molar-refractivity contribution in [1.82, 2.24) is 14.8 Å². The van der Waals surface area contributed by atoms with E-state index in [1.54, 1.807) is 22.3 Å². The number of carbonyl (C=O) groups excluding carboxylic acids is 1. The highest BCUT2D eigenvalue weighted by Gasteiger charge is 2.27. The second-order valence-corrected chi connectivity index (χ2v) is 8.48. The topological polar surface area (TPSA) is 81.1 Å². The van der Waals surface area contributed by atoms with Gasteiger partial charge in [0.1, 0.15) is 11.3 Å². The predicted molar refractivity (Wildman–Crippen MR) is 118 cm³/mol. The number of hydrogen-bond donors (Lipinski definition) is 2. The minimum absolute atomic E-state index is 0.315. The summed E-state index contributed by atoms with van der Waals surface area (Å²) in [6, 6.07) is 7.57. The first-order valence-corrected chi connectivity index (χ1v) is 10.6. The van der Waals surface area contributed by atoms with Gasteiger partial charge in [0.2, 0.25) is 5.95 Å². The van der Waals surface area contributed by atoms with Crippen LogP contribution in [0.2, 0.25) is 5.02 Å². The van der Waals surface area contributed by atoms with Gasteiger partial charge in [-0.15, -0.1) is 16.4 Å². The van der Waals surface area contributed by atoms with Gasteiger partial charge in [0.25, 0.3) is 0 Å². The molecule has 29 heavy (non-hydrogen) atoms. The summed E-state index contributed by atoms with van der Waals surface area (Å²) in [7, 11) is 1.39. The molecule has 0 unspecified atom stereocenters. The van der Waals surface area contributed by atoms with Gasteiger partial charge in [0.15, 0.2) is 5.11 Å². The van der Waals surface area contributed by atoms with Crippen LogP contribution in [0.3, 0.4) is 0 Å². The molecule has 150 valence electrons. The summed E-state index contributed by atoms with van der Waals surface area (Å²) in [6.07, 6.45) is 4.53. The van der Waals surface area contributed by atoms with Gasteiger partial charge in [-0.05, 0) is 54.7 Å². The molecule has 0 saturated heterocycles. The van der Waals surface area contributed by atoms with E-state index >= 15 is 0 Å². The number of aryl methyl sites for hydroxylation is 1. The molecule has 7 nitrogen and oxygen atoms in total. The first-order valence-electron chi connectivity index (χ1n) is 8.98. The normalized spacial score (nSPS) is 12.5. The van der Waals surface area contributed by atoms with E-state index in [4.69, 9.17) is 28.6 Å². The van der Waals surface area contributed by atoms with Crippen molar-refractivity contribution in [2.24, 2.45) is 0 Å². The zero-order valence-corrected chi connectivity index (χ0v) is 18.0. The lowest BCUT2D eigenvalue weighted by atomic mass is 10.1. The van der Waals surface area contributed by atoms with E-state index in [2.05, 4.69) is 20.7 Å². The largest absolute Gasteiger partial charge is 0.465 e. The van der Waals surface area contributed by atoms with E-state index in [1.165, 1.54) is 12.0 Å². The van der Waals surface area contributed by atoms with Crippen molar-refractivity contribution in [3.05, 3.63) is 57.2 Å². The highest BCUT2D eigenvalue weighted by atomic mass is 35.5. The van der Waals surface area contributed by atoms with E-state index in [0.717, 1.165) is 30.4 Å². The van der Waals surface area contributed by atoms with Gasteiger partial charge in [-0.3, -0.25) is 5.32 Å². The molecule has 0 amide bonds. The number of methoxy groups -OCH3 is 1. The number of carbonyl (C=O) groups is 1. The van der Waals surface area contributed by atoms with Crippen LogP contribution in [0.1, 0.15) is 32.8 Å². The number of esters is 1. The Bertz CT molecular complexity index is 1080. The predicted octanol–water partition coefficient (Wildman–Crippen LogP) is 4.13. The van der Waals surface area contributed by atoms with Crippen LogP contribution in [0.4, 0.5) is 10.9 Å². The van der Waals surface area contributed by atoms with Crippen molar-refractivity contribution in [2.75, 3.05) is 17.7 Å². The molecule has 2 aromatic heterocycles. The van der Waals surface area contributed by atoms with Crippen molar-refractivity contribution in [1.29, 1.82) is 0 Å². The van der Waals surface area contributed by atoms with Crippen molar-refractivity contribution < 1.29 is 9.53 Å². The smallest absolute Gasteiger partial charge is 0.341 e. The van der Waals surface area contributed by atoms with Crippen LogP contribution in [-0.4, -0.2) is 33.0 Å². The number of halogens is 1. The molecule has 1 aliphatic carbocycles. The fourth-order valence-corrected chi connectivity index (χ4v) is 5.05. The molecular formula is C19H18ClN5O2S2. The molecule has 2 N–H and O–H groups in total. The second kappa shape index (κ2) is 8.48. The summed E-state index contributed by atoms with van der Waals surface area (Å²) in [5.41, 5.74) is 2.66. The van der Waals surface area contributed by atoms with Crippen LogP contribution in [-0.2, 0) is 24.1 Å². The fourth-order valence-electron chi connectivity index (χ4n) is 3.30. The third-order valence-electron chi connectivity index (χ3n) is 4.53. The summed E-state index contributed by atoms with van der Waals surface area (Å²) in [4.78, 5) is 17.7. The van der Waals surface area contributed by atoms with E-state index in [9.17, 15) is 4.79 Å². The van der Waals surface area contributed by atoms with E-state index in [1.807, 2.05) is 24.3 Å². The Morgan fingerprint density at radius 2 is 2.24 bits per heavy atom. The van der Waals surface area contributed by atoms with Crippen LogP contribution < -0.4 is 10.6 Å². The summed E-state index contributed by atoms with van der Waals surface area (Å²) in [5, 5.41) is 12.1. The van der Waals surface area contributed by atoms with Gasteiger partial charge in [-0.1, -0.05) is 23.7 Å². The van der Waals surface area contributed by atoms with Gasteiger partial charge in [-0.25, -0.2) is 14.5 Å². The molecule has 1 aliphatic rings. The van der Waals surface area contributed by atoms with Crippen LogP contribution in [0.5, 0.6) is 0 Å². The first-order chi connectivity index (χ1) is 14.0. The molecule has 3 aromatic rings. The maximum Gasteiger partial charge on any atom is 0.341 e. The van der Waals surface area contributed by atoms with Crippen molar-refractivity contribution in [3.8, 4) is 0 Å². The minimum atomic E-state index is -0.348. The maximum atomic E-state index is 12.2. The average Bonchev–Trinajstić information content (AvgIpc) is 3.38. The van der Waals surface area contributed by atoms with Gasteiger partial charge in [0.05, 0.1) is 19.2 Å². The standard InChI is InChI=1S/C19H18ClN5O2S2/c1-27-17(26)15-13-6-3-7-14(13)29-16(15)22-19(28)23-18-21-10-25(24-18)9-11-4-2-5-12(20)8-11/h2,4-5,8,10H,3,6-7,9H2,1H3,(H2,22,23,24,28). The van der Waals surface area contributed by atoms with Crippen LogP contribution in [0.25, 0.3) is 0 Å². The number of thiophene rings is 1. The highest BCUT2D eigenvalue weighted by Crippen LogP contribution is 2.39. The molecule has 0 bridgehead atoms. The Morgan fingerprint density at radius 1 is 1.38 bits per heavy atom. The molecule has 0 saturated carbocycles. The Morgan fingerprint density at radius 3 is 3.03 bits per heavy atom. The lowest BCUT2D eigenvalue weighted by molar-refractivity contribution is 0.0601. The molecule has 0 radical (unpaired) electrons. The summed E-state index contributed by atoms with van der Waals surface area (Å²) >= 11 is 13.0. The zero-order chi connectivity index (χ0) is 20.4. The Hall–Kier alpha value is -2.49. The van der Waals surface area contributed by atoms with E-state index in [0.29, 0.717) is 33.2 Å². The monoisotopic (exact) mass is 447 g/mol. The molecule has 0 atom stereocenters. The minimum Gasteiger partial charge on any atom is -0.465 e. The summed E-state index contributed by atoms with van der Waals surface area (Å²) < 4.78 is 6.65. The van der Waals surface area contributed by atoms with Gasteiger partial charge >= 0.3 is 5.97 Å². The lowest BCUT2D eigenvalue weighted by Crippen LogP contribution is -2.21. The van der Waals surface area contributed by atoms with Gasteiger partial charge < -0.3 is 10.1 Å². The molecular weight excluding hydrogens is 430 g/mol. The number of thiocarbonyl (C=S) groups is 1. The number of nitrogens with one attached hydrogen (secondary N) is 2. The maximum absolute atomic E-state index is 12.2. The highest BCUT2D eigenvalue weighted by molar-refractivity contribution is 7.80. The fraction of sp³-hybridized carbons (Fsp3) is 0.263. The average molecular weight is 448 g/mol. The molecule has 10 heteroatoms. The molecule has 4 rings (SSSR count). The van der Waals surface area contributed by atoms with Crippen LogP contribution >= 0.6 is 35.2 Å². The van der Waals surface area contributed by atoms with Crippen molar-refractivity contribution in [2.45, 2.75) is 25.8 Å². The number of anilines is 2. The number of aromatic nitrogens is 3. The lowest BCUT2D eigenvalue weighted by Gasteiger charge is -2.09. The Kier molecular flexibility index (Phi) is 5.79. The SMILES string of the molecule is COC(=O)c1c(NC(=S)Nc2ncn(Cc3cccc(Cl)c3)n2)sc2c1CCC2. The number of ether oxygens (including phenoxy) is 1. The number of hydrogen-bond acceptors (Lipinski definition) is 6. The van der Waals surface area contributed by atoms with Gasteiger partial charge in [-0.2, -0.15) is 0 Å². The Balaban J connectivity index is 1.43. The van der Waals surface area contributed by atoms with Crippen LogP contribution in [0.15, 0.2) is 30.6 Å². The van der Waals surface area contributed by atoms with Crippen molar-refractivity contribution in [3.63, 3.8) is 0 Å². The molecule has 2 heterocycles. The number of nitrogens with zero attached hydrogens (tertiary/aromatic N) is 3. The van der Waals surface area contributed by atoms with Gasteiger partial charge in [0, 0.05) is 9.90 Å². The molecule has 1 aromatic carbocycles. The number of rotatable bonds is 5. The van der Waals surface area contributed by atoms with E-state index in [-0.39, 0.29) is 5.97 Å². The third kappa shape index (κ3) is 4.42. The molecule has 0 fully saturated rings. The molecule has 0 spiro atoms. The quantitative estimate of drug-likeness (QED) is 0.449. The third-order valence-corrected chi connectivity index (χ3v) is 6.18.